The Morgan fingerprint density at radius 2 is 1.91 bits per heavy atom. The molecule has 0 saturated heterocycles. The molecule has 0 atom stereocenters. The summed E-state index contributed by atoms with van der Waals surface area (Å²) in [5, 5.41) is 6.87. The standard InChI is InChI=1S/C8H15N3/c1-5-6(8(2,3)4)10-11-7(5)9/h1-4H3,(H3,9,10,11). The van der Waals surface area contributed by atoms with Crippen LogP contribution in [0.15, 0.2) is 0 Å². The van der Waals surface area contributed by atoms with Crippen LogP contribution in [0.3, 0.4) is 0 Å². The maximum Gasteiger partial charge on any atom is 0.148 e. The minimum Gasteiger partial charge on any atom is -0.382 e. The van der Waals surface area contributed by atoms with Gasteiger partial charge < -0.3 is 5.73 Å². The van der Waals surface area contributed by atoms with Crippen molar-refractivity contribution in [1.29, 1.82) is 0 Å². The Labute approximate surface area is 67.0 Å². The molecule has 3 nitrogen and oxygen atoms in total. The summed E-state index contributed by atoms with van der Waals surface area (Å²) < 4.78 is 0. The van der Waals surface area contributed by atoms with Gasteiger partial charge in [-0.15, -0.1) is 0 Å². The molecule has 11 heavy (non-hydrogen) atoms. The molecule has 1 aromatic rings. The van der Waals surface area contributed by atoms with E-state index in [1.54, 1.807) is 0 Å². The molecule has 0 aliphatic rings. The Bertz CT molecular complexity index is 255. The van der Waals surface area contributed by atoms with Gasteiger partial charge in [0.1, 0.15) is 5.82 Å². The van der Waals surface area contributed by atoms with Gasteiger partial charge in [0.25, 0.3) is 0 Å². The molecule has 62 valence electrons. The average molecular weight is 153 g/mol. The molecule has 0 spiro atoms. The van der Waals surface area contributed by atoms with E-state index in [1.165, 1.54) is 0 Å². The van der Waals surface area contributed by atoms with Gasteiger partial charge in [-0.25, -0.2) is 0 Å². The van der Waals surface area contributed by atoms with Crippen molar-refractivity contribution in [2.75, 3.05) is 5.73 Å². The number of hydrogen-bond donors (Lipinski definition) is 2. The molecule has 0 aliphatic carbocycles. The Morgan fingerprint density at radius 1 is 1.36 bits per heavy atom. The van der Waals surface area contributed by atoms with E-state index in [0.717, 1.165) is 11.3 Å². The van der Waals surface area contributed by atoms with Crippen LogP contribution in [-0.4, -0.2) is 10.2 Å². The highest BCUT2D eigenvalue weighted by atomic mass is 15.2. The van der Waals surface area contributed by atoms with Crippen molar-refractivity contribution in [3.63, 3.8) is 0 Å². The molecule has 0 amide bonds. The Morgan fingerprint density at radius 3 is 2.09 bits per heavy atom. The molecule has 3 heteroatoms. The predicted octanol–water partition coefficient (Wildman–Crippen LogP) is 1.60. The maximum atomic E-state index is 5.59. The molecule has 1 aromatic heterocycles. The summed E-state index contributed by atoms with van der Waals surface area (Å²) in [6.45, 7) is 8.38. The molecule has 0 radical (unpaired) electrons. The van der Waals surface area contributed by atoms with Crippen LogP contribution in [0.25, 0.3) is 0 Å². The lowest BCUT2D eigenvalue weighted by Gasteiger charge is -2.16. The fourth-order valence-corrected chi connectivity index (χ4v) is 1.14. The fourth-order valence-electron chi connectivity index (χ4n) is 1.14. The molecule has 0 unspecified atom stereocenters. The number of nitrogen functional groups attached to an aromatic ring is 1. The van der Waals surface area contributed by atoms with Gasteiger partial charge in [0.2, 0.25) is 0 Å². The number of aromatic amines is 1. The highest BCUT2D eigenvalue weighted by Crippen LogP contribution is 2.25. The van der Waals surface area contributed by atoms with Crippen molar-refractivity contribution in [1.82, 2.24) is 10.2 Å². The van der Waals surface area contributed by atoms with E-state index >= 15 is 0 Å². The third-order valence-electron chi connectivity index (χ3n) is 1.80. The first kappa shape index (κ1) is 8.11. The molecule has 0 bridgehead atoms. The van der Waals surface area contributed by atoms with E-state index < -0.39 is 0 Å². The van der Waals surface area contributed by atoms with Gasteiger partial charge in [-0.3, -0.25) is 5.10 Å². The molecule has 0 saturated carbocycles. The SMILES string of the molecule is Cc1c(N)n[nH]c1C(C)(C)C. The van der Waals surface area contributed by atoms with Crippen molar-refractivity contribution < 1.29 is 0 Å². The summed E-state index contributed by atoms with van der Waals surface area (Å²) in [5.41, 5.74) is 7.89. The molecule has 0 aliphatic heterocycles. The van der Waals surface area contributed by atoms with Crippen LogP contribution >= 0.6 is 0 Å². The Hall–Kier alpha value is -0.990. The smallest absolute Gasteiger partial charge is 0.148 e. The predicted molar refractivity (Wildman–Crippen MR) is 46.4 cm³/mol. The average Bonchev–Trinajstić information content (AvgIpc) is 2.11. The van der Waals surface area contributed by atoms with Crippen LogP contribution in [0.4, 0.5) is 5.82 Å². The largest absolute Gasteiger partial charge is 0.382 e. The normalized spacial score (nSPS) is 12.0. The topological polar surface area (TPSA) is 54.7 Å². The fraction of sp³-hybridized carbons (Fsp3) is 0.625. The highest BCUT2D eigenvalue weighted by molar-refractivity contribution is 5.42. The summed E-state index contributed by atoms with van der Waals surface area (Å²) in [6, 6.07) is 0. The van der Waals surface area contributed by atoms with Crippen molar-refractivity contribution in [2.45, 2.75) is 33.1 Å². The van der Waals surface area contributed by atoms with E-state index in [2.05, 4.69) is 31.0 Å². The van der Waals surface area contributed by atoms with E-state index in [-0.39, 0.29) is 5.41 Å². The van der Waals surface area contributed by atoms with Gasteiger partial charge in [0, 0.05) is 16.7 Å². The monoisotopic (exact) mass is 153 g/mol. The summed E-state index contributed by atoms with van der Waals surface area (Å²) in [7, 11) is 0. The molecule has 0 aromatic carbocycles. The lowest BCUT2D eigenvalue weighted by molar-refractivity contribution is 0.563. The van der Waals surface area contributed by atoms with Crippen LogP contribution in [0.2, 0.25) is 0 Å². The van der Waals surface area contributed by atoms with Gasteiger partial charge in [0.05, 0.1) is 0 Å². The number of nitrogens with two attached hydrogens (primary N) is 1. The quantitative estimate of drug-likeness (QED) is 0.594. The third-order valence-corrected chi connectivity index (χ3v) is 1.80. The van der Waals surface area contributed by atoms with E-state index in [9.17, 15) is 0 Å². The minimum absolute atomic E-state index is 0.106. The van der Waals surface area contributed by atoms with Crippen LogP contribution in [0.1, 0.15) is 32.0 Å². The number of nitrogens with one attached hydrogen (secondary N) is 1. The zero-order valence-electron chi connectivity index (χ0n) is 7.52. The summed E-state index contributed by atoms with van der Waals surface area (Å²) in [5.74, 6) is 0.606. The lowest BCUT2D eigenvalue weighted by atomic mass is 9.90. The molecule has 1 heterocycles. The van der Waals surface area contributed by atoms with Crippen LogP contribution < -0.4 is 5.73 Å². The number of rotatable bonds is 0. The number of H-pyrrole nitrogens is 1. The first-order chi connectivity index (χ1) is 4.93. The van der Waals surface area contributed by atoms with E-state index in [0.29, 0.717) is 5.82 Å². The van der Waals surface area contributed by atoms with Gasteiger partial charge in [-0.1, -0.05) is 20.8 Å². The van der Waals surface area contributed by atoms with Gasteiger partial charge in [-0.2, -0.15) is 5.10 Å². The van der Waals surface area contributed by atoms with Crippen LogP contribution in [0, 0.1) is 6.92 Å². The zero-order chi connectivity index (χ0) is 8.65. The number of hydrogen-bond acceptors (Lipinski definition) is 2. The van der Waals surface area contributed by atoms with Crippen molar-refractivity contribution in [3.8, 4) is 0 Å². The van der Waals surface area contributed by atoms with E-state index in [1.807, 2.05) is 6.92 Å². The molecule has 1 rings (SSSR count). The van der Waals surface area contributed by atoms with Gasteiger partial charge in [0.15, 0.2) is 0 Å². The second kappa shape index (κ2) is 2.26. The first-order valence-corrected chi connectivity index (χ1v) is 3.74. The van der Waals surface area contributed by atoms with Crippen molar-refractivity contribution in [3.05, 3.63) is 11.3 Å². The Balaban J connectivity index is 3.15. The summed E-state index contributed by atoms with van der Waals surface area (Å²) >= 11 is 0. The maximum absolute atomic E-state index is 5.59. The number of anilines is 1. The highest BCUT2D eigenvalue weighted by Gasteiger charge is 2.19. The third kappa shape index (κ3) is 1.37. The molecular formula is C8H15N3. The molecule has 3 N–H and O–H groups in total. The zero-order valence-corrected chi connectivity index (χ0v) is 7.52. The lowest BCUT2D eigenvalue weighted by Crippen LogP contribution is -2.13. The summed E-state index contributed by atoms with van der Waals surface area (Å²) in [6.07, 6.45) is 0. The Kier molecular flexibility index (Phi) is 1.66. The number of aromatic nitrogens is 2. The molecular weight excluding hydrogens is 138 g/mol. The second-order valence-electron chi connectivity index (χ2n) is 3.86. The number of nitrogens with zero attached hydrogens (tertiary/aromatic N) is 1. The first-order valence-electron chi connectivity index (χ1n) is 3.74. The van der Waals surface area contributed by atoms with E-state index in [4.69, 9.17) is 5.73 Å². The van der Waals surface area contributed by atoms with Crippen LogP contribution in [-0.2, 0) is 5.41 Å². The van der Waals surface area contributed by atoms with Gasteiger partial charge >= 0.3 is 0 Å². The second-order valence-corrected chi connectivity index (χ2v) is 3.86. The van der Waals surface area contributed by atoms with Crippen LogP contribution in [0.5, 0.6) is 0 Å². The van der Waals surface area contributed by atoms with Gasteiger partial charge in [-0.05, 0) is 6.92 Å². The molecule has 0 fully saturated rings. The summed E-state index contributed by atoms with van der Waals surface area (Å²) in [4.78, 5) is 0. The van der Waals surface area contributed by atoms with Crippen molar-refractivity contribution in [2.24, 2.45) is 0 Å². The minimum atomic E-state index is 0.106. The van der Waals surface area contributed by atoms with Crippen molar-refractivity contribution >= 4 is 5.82 Å².